The first kappa shape index (κ1) is 25.6. The summed E-state index contributed by atoms with van der Waals surface area (Å²) in [5.74, 6) is 0.897. The number of hydrogen-bond donors (Lipinski definition) is 5. The zero-order valence-corrected chi connectivity index (χ0v) is 20.9. The van der Waals surface area contributed by atoms with Gasteiger partial charge in [-0.05, 0) is 61.5 Å². The van der Waals surface area contributed by atoms with E-state index in [4.69, 9.17) is 17.2 Å². The van der Waals surface area contributed by atoms with Crippen LogP contribution in [-0.2, 0) is 6.42 Å². The minimum atomic E-state index is -0.402. The predicted octanol–water partition coefficient (Wildman–Crippen LogP) is 3.77. The van der Waals surface area contributed by atoms with Crippen LogP contribution >= 0.6 is 11.9 Å². The lowest BCUT2D eigenvalue weighted by atomic mass is 9.86. The summed E-state index contributed by atoms with van der Waals surface area (Å²) in [6, 6.07) is 6.17. The molecule has 1 aromatic rings. The SMILES string of the molecule is CCCCN/C(CC1C=CC(CN)=CC1)=C1/c2ccc(CCCNSC)cc2N=C(N)C1N. The predicted molar refractivity (Wildman–Crippen MR) is 144 cm³/mol. The van der Waals surface area contributed by atoms with E-state index in [1.165, 1.54) is 16.8 Å². The van der Waals surface area contributed by atoms with Crippen molar-refractivity contribution < 1.29 is 0 Å². The highest BCUT2D eigenvalue weighted by Gasteiger charge is 2.27. The third-order valence-corrected chi connectivity index (χ3v) is 6.77. The number of hydrogen-bond acceptors (Lipinski definition) is 7. The van der Waals surface area contributed by atoms with Gasteiger partial charge < -0.3 is 22.5 Å². The Bertz CT molecular complexity index is 917. The molecule has 2 atom stereocenters. The Morgan fingerprint density at radius 1 is 1.24 bits per heavy atom. The van der Waals surface area contributed by atoms with Crippen molar-refractivity contribution in [1.82, 2.24) is 10.0 Å². The summed E-state index contributed by atoms with van der Waals surface area (Å²) in [6.07, 6.45) is 15.0. The molecule has 2 aliphatic rings. The van der Waals surface area contributed by atoms with Crippen molar-refractivity contribution in [3.63, 3.8) is 0 Å². The summed E-state index contributed by atoms with van der Waals surface area (Å²) in [5.41, 5.74) is 25.6. The molecule has 0 saturated heterocycles. The van der Waals surface area contributed by atoms with Crippen LogP contribution in [0.5, 0.6) is 0 Å². The van der Waals surface area contributed by atoms with Gasteiger partial charge in [-0.1, -0.05) is 55.7 Å². The Balaban J connectivity index is 1.90. The molecule has 0 saturated carbocycles. The van der Waals surface area contributed by atoms with Crippen LogP contribution in [-0.4, -0.2) is 37.8 Å². The second kappa shape index (κ2) is 13.0. The molecular weight excluding hydrogens is 428 g/mol. The topological polar surface area (TPSA) is 114 Å². The van der Waals surface area contributed by atoms with Gasteiger partial charge in [-0.2, -0.15) is 0 Å². The zero-order chi connectivity index (χ0) is 23.6. The molecule has 180 valence electrons. The molecule has 3 rings (SSSR count). The van der Waals surface area contributed by atoms with E-state index in [1.807, 2.05) is 0 Å². The standard InChI is InChI=1S/C26H40N6S/c1-3-4-13-30-23(16-19-7-9-20(17-27)10-8-19)24-21-12-11-18(6-5-14-31-33-2)15-22(21)32-26(29)25(24)28/h7,9-12,15,19,25,30-31H,3-6,8,13-14,16-17,27-28H2,1-2H3,(H2,29,32)/b24-23-. The summed E-state index contributed by atoms with van der Waals surface area (Å²) in [4.78, 5) is 4.68. The maximum Gasteiger partial charge on any atom is 0.121 e. The molecule has 1 aliphatic heterocycles. The number of nitrogens with two attached hydrogens (primary N) is 3. The average Bonchev–Trinajstić information content (AvgIpc) is 2.83. The van der Waals surface area contributed by atoms with Gasteiger partial charge in [0.2, 0.25) is 0 Å². The molecule has 1 heterocycles. The fourth-order valence-corrected chi connectivity index (χ4v) is 4.71. The van der Waals surface area contributed by atoms with Gasteiger partial charge in [0.25, 0.3) is 0 Å². The van der Waals surface area contributed by atoms with Gasteiger partial charge >= 0.3 is 0 Å². The van der Waals surface area contributed by atoms with Crippen LogP contribution in [0.25, 0.3) is 5.57 Å². The van der Waals surface area contributed by atoms with E-state index in [0.29, 0.717) is 18.3 Å². The fourth-order valence-electron chi connectivity index (χ4n) is 4.36. The Hall–Kier alpha value is -2.06. The highest BCUT2D eigenvalue weighted by atomic mass is 32.2. The molecule has 1 aromatic carbocycles. The van der Waals surface area contributed by atoms with Crippen LogP contribution in [0.4, 0.5) is 5.69 Å². The monoisotopic (exact) mass is 468 g/mol. The van der Waals surface area contributed by atoms with Gasteiger partial charge in [-0.3, -0.25) is 4.72 Å². The number of amidine groups is 1. The van der Waals surface area contributed by atoms with Gasteiger partial charge in [-0.25, -0.2) is 4.99 Å². The second-order valence-electron chi connectivity index (χ2n) is 8.78. The molecule has 0 amide bonds. The van der Waals surface area contributed by atoms with Crippen LogP contribution in [0.2, 0.25) is 0 Å². The van der Waals surface area contributed by atoms with E-state index >= 15 is 0 Å². The number of aryl methyl sites for hydroxylation is 1. The third-order valence-electron chi connectivity index (χ3n) is 6.28. The van der Waals surface area contributed by atoms with Crippen LogP contribution in [0, 0.1) is 5.92 Å². The molecule has 8 N–H and O–H groups in total. The smallest absolute Gasteiger partial charge is 0.121 e. The van der Waals surface area contributed by atoms with Crippen molar-refractivity contribution >= 4 is 29.0 Å². The highest BCUT2D eigenvalue weighted by molar-refractivity contribution is 7.96. The lowest BCUT2D eigenvalue weighted by molar-refractivity contribution is 0.594. The van der Waals surface area contributed by atoms with E-state index in [2.05, 4.69) is 64.6 Å². The number of allylic oxidation sites excluding steroid dienone is 3. The summed E-state index contributed by atoms with van der Waals surface area (Å²) in [7, 11) is 0. The Morgan fingerprint density at radius 3 is 2.79 bits per heavy atom. The van der Waals surface area contributed by atoms with Crippen molar-refractivity contribution in [2.75, 3.05) is 25.9 Å². The number of fused-ring (bicyclic) bond motifs is 1. The molecule has 2 unspecified atom stereocenters. The summed E-state index contributed by atoms with van der Waals surface area (Å²) in [5, 5.41) is 3.72. The molecular formula is C26H40N6S. The number of nitrogens with zero attached hydrogens (tertiary/aromatic N) is 1. The first-order valence-corrected chi connectivity index (χ1v) is 13.3. The van der Waals surface area contributed by atoms with Gasteiger partial charge in [0.15, 0.2) is 0 Å². The molecule has 7 heteroatoms. The minimum absolute atomic E-state index is 0.402. The van der Waals surface area contributed by atoms with Crippen LogP contribution in [0.15, 0.2) is 52.7 Å². The lowest BCUT2D eigenvalue weighted by Gasteiger charge is -2.29. The van der Waals surface area contributed by atoms with E-state index in [-0.39, 0.29) is 0 Å². The molecule has 0 bridgehead atoms. The largest absolute Gasteiger partial charge is 0.388 e. The molecule has 33 heavy (non-hydrogen) atoms. The summed E-state index contributed by atoms with van der Waals surface area (Å²) < 4.78 is 3.31. The molecule has 6 nitrogen and oxygen atoms in total. The van der Waals surface area contributed by atoms with Crippen molar-refractivity contribution in [3.05, 3.63) is 58.8 Å². The fraction of sp³-hybridized carbons (Fsp3) is 0.500. The number of aliphatic imine (C=N–C) groups is 1. The van der Waals surface area contributed by atoms with Crippen molar-refractivity contribution in [2.24, 2.45) is 28.1 Å². The van der Waals surface area contributed by atoms with Crippen molar-refractivity contribution in [3.8, 4) is 0 Å². The Kier molecular flexibility index (Phi) is 10.1. The van der Waals surface area contributed by atoms with E-state index in [9.17, 15) is 0 Å². The van der Waals surface area contributed by atoms with Crippen LogP contribution in [0.3, 0.4) is 0 Å². The maximum atomic E-state index is 6.63. The normalized spacial score (nSPS) is 21.3. The van der Waals surface area contributed by atoms with Crippen LogP contribution < -0.4 is 27.2 Å². The molecule has 0 fully saturated rings. The van der Waals surface area contributed by atoms with Crippen molar-refractivity contribution in [2.45, 2.75) is 51.5 Å². The first-order valence-electron chi connectivity index (χ1n) is 12.1. The number of rotatable bonds is 12. The quantitative estimate of drug-likeness (QED) is 0.236. The lowest BCUT2D eigenvalue weighted by Crippen LogP contribution is -2.41. The minimum Gasteiger partial charge on any atom is -0.388 e. The maximum absolute atomic E-state index is 6.63. The van der Waals surface area contributed by atoms with Gasteiger partial charge in [0.1, 0.15) is 5.84 Å². The van der Waals surface area contributed by atoms with Gasteiger partial charge in [0.05, 0.1) is 11.7 Å². The first-order chi connectivity index (χ1) is 16.1. The summed E-state index contributed by atoms with van der Waals surface area (Å²) in [6.45, 7) is 4.71. The molecule has 1 aliphatic carbocycles. The van der Waals surface area contributed by atoms with Crippen LogP contribution in [0.1, 0.15) is 50.2 Å². The van der Waals surface area contributed by atoms with E-state index in [1.54, 1.807) is 11.9 Å². The molecule has 0 radical (unpaired) electrons. The number of benzene rings is 1. The second-order valence-corrected chi connectivity index (χ2v) is 9.48. The van der Waals surface area contributed by atoms with E-state index < -0.39 is 6.04 Å². The summed E-state index contributed by atoms with van der Waals surface area (Å²) >= 11 is 1.66. The van der Waals surface area contributed by atoms with Gasteiger partial charge in [-0.15, -0.1) is 0 Å². The Morgan fingerprint density at radius 2 is 2.09 bits per heavy atom. The molecule has 0 spiro atoms. The molecule has 0 aromatic heterocycles. The van der Waals surface area contributed by atoms with Gasteiger partial charge in [0, 0.05) is 36.5 Å². The third kappa shape index (κ3) is 6.96. The van der Waals surface area contributed by atoms with E-state index in [0.717, 1.165) is 68.4 Å². The van der Waals surface area contributed by atoms with Crippen molar-refractivity contribution in [1.29, 1.82) is 0 Å². The number of nitrogens with one attached hydrogen (secondary N) is 2. The number of unbranched alkanes of at least 4 members (excludes halogenated alkanes) is 1. The Labute approximate surface area is 203 Å². The highest BCUT2D eigenvalue weighted by Crippen LogP contribution is 2.37. The zero-order valence-electron chi connectivity index (χ0n) is 20.1. The average molecular weight is 469 g/mol.